The molecule has 0 saturated heterocycles. The van der Waals surface area contributed by atoms with Gasteiger partial charge in [-0.05, 0) is 44.5 Å². The van der Waals surface area contributed by atoms with Gasteiger partial charge < -0.3 is 9.47 Å². The van der Waals surface area contributed by atoms with Crippen LogP contribution in [0.2, 0.25) is 0 Å². The van der Waals surface area contributed by atoms with Crippen LogP contribution >= 0.6 is 0 Å². The number of para-hydroxylation sites is 1. The number of pyridine rings is 1. The van der Waals surface area contributed by atoms with E-state index in [1.165, 1.54) is 25.1 Å². The molecule has 3 aromatic rings. The summed E-state index contributed by atoms with van der Waals surface area (Å²) in [4.78, 5) is 28.5. The highest BCUT2D eigenvalue weighted by molar-refractivity contribution is 5.87. The maximum absolute atomic E-state index is 13.6. The number of hydrogen-bond acceptors (Lipinski definition) is 6. The summed E-state index contributed by atoms with van der Waals surface area (Å²) in [6.45, 7) is 4.85. The lowest BCUT2D eigenvalue weighted by molar-refractivity contribution is -0.133. The standard InChI is InChI=1S/C20H22FN5O4/c1-11-9-12(2)22-18-17(11)20(25-26(18)4)29-10-16(27)23-24-19(28)13(3)30-15-8-6-5-7-14(15)21/h5-9,13H,10H2,1-4H3,(H,23,27)(H,24,28). The maximum Gasteiger partial charge on any atom is 0.279 e. The monoisotopic (exact) mass is 415 g/mol. The van der Waals surface area contributed by atoms with Crippen LogP contribution in [0.3, 0.4) is 0 Å². The van der Waals surface area contributed by atoms with Crippen molar-refractivity contribution >= 4 is 22.8 Å². The van der Waals surface area contributed by atoms with Crippen molar-refractivity contribution in [2.75, 3.05) is 6.61 Å². The van der Waals surface area contributed by atoms with Gasteiger partial charge in [0.05, 0.1) is 5.39 Å². The number of benzene rings is 1. The number of amides is 2. The van der Waals surface area contributed by atoms with Crippen LogP contribution < -0.4 is 20.3 Å². The second-order valence-corrected chi connectivity index (χ2v) is 6.72. The van der Waals surface area contributed by atoms with Gasteiger partial charge in [-0.2, -0.15) is 0 Å². The molecule has 0 aliphatic carbocycles. The fourth-order valence-electron chi connectivity index (χ4n) is 2.84. The lowest BCUT2D eigenvalue weighted by atomic mass is 10.2. The van der Waals surface area contributed by atoms with Gasteiger partial charge in [0.25, 0.3) is 11.8 Å². The number of halogens is 1. The third kappa shape index (κ3) is 4.65. The van der Waals surface area contributed by atoms with Gasteiger partial charge >= 0.3 is 0 Å². The van der Waals surface area contributed by atoms with Crippen LogP contribution in [0.25, 0.3) is 11.0 Å². The number of aromatic nitrogens is 3. The highest BCUT2D eigenvalue weighted by Gasteiger charge is 2.18. The third-order valence-electron chi connectivity index (χ3n) is 4.26. The van der Waals surface area contributed by atoms with E-state index >= 15 is 0 Å². The molecular formula is C20H22FN5O4. The summed E-state index contributed by atoms with van der Waals surface area (Å²) < 4.78 is 25.9. The van der Waals surface area contributed by atoms with Gasteiger partial charge in [0.15, 0.2) is 29.9 Å². The normalized spacial score (nSPS) is 11.8. The number of rotatable bonds is 6. The van der Waals surface area contributed by atoms with E-state index < -0.39 is 23.7 Å². The minimum Gasteiger partial charge on any atom is -0.478 e. The number of hydrazine groups is 1. The van der Waals surface area contributed by atoms with Gasteiger partial charge in [0.2, 0.25) is 5.88 Å². The van der Waals surface area contributed by atoms with Crippen LogP contribution in [0.5, 0.6) is 11.6 Å². The Kier molecular flexibility index (Phi) is 6.14. The fraction of sp³-hybridized carbons (Fsp3) is 0.300. The number of carbonyl (C=O) groups excluding carboxylic acids is 2. The molecule has 1 aromatic carbocycles. The van der Waals surface area contributed by atoms with Crippen molar-refractivity contribution < 1.29 is 23.5 Å². The summed E-state index contributed by atoms with van der Waals surface area (Å²) >= 11 is 0. The Morgan fingerprint density at radius 3 is 2.70 bits per heavy atom. The third-order valence-corrected chi connectivity index (χ3v) is 4.26. The van der Waals surface area contributed by atoms with E-state index in [9.17, 15) is 14.0 Å². The Morgan fingerprint density at radius 1 is 1.23 bits per heavy atom. The fourth-order valence-corrected chi connectivity index (χ4v) is 2.84. The van der Waals surface area contributed by atoms with Crippen molar-refractivity contribution in [3.63, 3.8) is 0 Å². The average Bonchev–Trinajstić information content (AvgIpc) is 3.02. The molecule has 2 N–H and O–H groups in total. The molecule has 9 nitrogen and oxygen atoms in total. The molecule has 0 aliphatic heterocycles. The van der Waals surface area contributed by atoms with Crippen molar-refractivity contribution in [2.24, 2.45) is 7.05 Å². The topological polar surface area (TPSA) is 107 Å². The van der Waals surface area contributed by atoms with Crippen LogP contribution in [0.4, 0.5) is 4.39 Å². The second-order valence-electron chi connectivity index (χ2n) is 6.72. The summed E-state index contributed by atoms with van der Waals surface area (Å²) in [5.74, 6) is -1.62. The first-order chi connectivity index (χ1) is 14.3. The molecule has 1 unspecified atom stereocenters. The first-order valence-corrected chi connectivity index (χ1v) is 9.20. The molecule has 2 amide bonds. The van der Waals surface area contributed by atoms with Gasteiger partial charge in [-0.1, -0.05) is 12.1 Å². The van der Waals surface area contributed by atoms with E-state index in [1.54, 1.807) is 17.8 Å². The van der Waals surface area contributed by atoms with Crippen LogP contribution in [0.15, 0.2) is 30.3 Å². The smallest absolute Gasteiger partial charge is 0.279 e. The number of nitrogens with one attached hydrogen (secondary N) is 2. The minimum atomic E-state index is -1.03. The zero-order valence-corrected chi connectivity index (χ0v) is 17.0. The molecule has 2 aromatic heterocycles. The van der Waals surface area contributed by atoms with Crippen LogP contribution in [0.1, 0.15) is 18.2 Å². The quantitative estimate of drug-likeness (QED) is 0.594. The van der Waals surface area contributed by atoms with Gasteiger partial charge in [-0.25, -0.2) is 14.1 Å². The van der Waals surface area contributed by atoms with Gasteiger partial charge in [0.1, 0.15) is 0 Å². The Hall–Kier alpha value is -3.69. The predicted octanol–water partition coefficient (Wildman–Crippen LogP) is 1.72. The minimum absolute atomic E-state index is 0.0592. The van der Waals surface area contributed by atoms with Crippen molar-refractivity contribution in [2.45, 2.75) is 26.9 Å². The molecule has 0 aliphatic rings. The summed E-state index contributed by atoms with van der Waals surface area (Å²) in [5, 5.41) is 4.97. The Bertz CT molecular complexity index is 1100. The molecule has 2 heterocycles. The number of carbonyl (C=O) groups is 2. The number of aryl methyl sites for hydroxylation is 3. The summed E-state index contributed by atoms with van der Waals surface area (Å²) in [6, 6.07) is 7.62. The molecule has 10 heteroatoms. The van der Waals surface area contributed by atoms with Crippen molar-refractivity contribution in [1.29, 1.82) is 0 Å². The molecule has 0 radical (unpaired) electrons. The number of fused-ring (bicyclic) bond motifs is 1. The van der Waals surface area contributed by atoms with Gasteiger partial charge in [-0.3, -0.25) is 20.4 Å². The van der Waals surface area contributed by atoms with E-state index in [4.69, 9.17) is 9.47 Å². The SMILES string of the molecule is Cc1cc(C)c2c(OCC(=O)NNC(=O)C(C)Oc3ccccc3F)nn(C)c2n1. The maximum atomic E-state index is 13.6. The first-order valence-electron chi connectivity index (χ1n) is 9.20. The molecule has 0 bridgehead atoms. The van der Waals surface area contributed by atoms with E-state index in [1.807, 2.05) is 19.9 Å². The first kappa shape index (κ1) is 21.0. The van der Waals surface area contributed by atoms with E-state index in [0.29, 0.717) is 11.0 Å². The predicted molar refractivity (Wildman–Crippen MR) is 106 cm³/mol. The average molecular weight is 415 g/mol. The number of ether oxygens (including phenoxy) is 2. The number of hydrogen-bond donors (Lipinski definition) is 2. The summed E-state index contributed by atoms with van der Waals surface area (Å²) in [6.07, 6.45) is -1.03. The summed E-state index contributed by atoms with van der Waals surface area (Å²) in [7, 11) is 1.73. The lowest BCUT2D eigenvalue weighted by Crippen LogP contribution is -2.48. The zero-order valence-electron chi connectivity index (χ0n) is 17.0. The van der Waals surface area contributed by atoms with Crippen LogP contribution in [-0.2, 0) is 16.6 Å². The van der Waals surface area contributed by atoms with Crippen molar-refractivity contribution in [1.82, 2.24) is 25.6 Å². The molecule has 30 heavy (non-hydrogen) atoms. The van der Waals surface area contributed by atoms with Gasteiger partial charge in [-0.15, -0.1) is 5.10 Å². The second kappa shape index (κ2) is 8.76. The van der Waals surface area contributed by atoms with E-state index in [-0.39, 0.29) is 18.2 Å². The zero-order chi connectivity index (χ0) is 21.8. The molecule has 0 fully saturated rings. The lowest BCUT2D eigenvalue weighted by Gasteiger charge is -2.15. The number of nitrogens with zero attached hydrogens (tertiary/aromatic N) is 3. The molecule has 1 atom stereocenters. The van der Waals surface area contributed by atoms with Crippen LogP contribution in [0, 0.1) is 19.7 Å². The molecule has 0 spiro atoms. The highest BCUT2D eigenvalue weighted by Crippen LogP contribution is 2.26. The van der Waals surface area contributed by atoms with Crippen molar-refractivity contribution in [3.8, 4) is 11.6 Å². The molecular weight excluding hydrogens is 393 g/mol. The highest BCUT2D eigenvalue weighted by atomic mass is 19.1. The molecule has 3 rings (SSSR count). The Labute approximate surface area is 172 Å². The van der Waals surface area contributed by atoms with Gasteiger partial charge in [0, 0.05) is 12.7 Å². The Morgan fingerprint density at radius 2 is 1.97 bits per heavy atom. The summed E-state index contributed by atoms with van der Waals surface area (Å²) in [5.41, 5.74) is 6.86. The van der Waals surface area contributed by atoms with E-state index in [2.05, 4.69) is 20.9 Å². The molecule has 158 valence electrons. The molecule has 0 saturated carbocycles. The van der Waals surface area contributed by atoms with Crippen LogP contribution in [-0.4, -0.2) is 39.3 Å². The van der Waals surface area contributed by atoms with Crippen molar-refractivity contribution in [3.05, 3.63) is 47.4 Å². The Balaban J connectivity index is 1.53. The largest absolute Gasteiger partial charge is 0.478 e. The van der Waals surface area contributed by atoms with E-state index in [0.717, 1.165) is 11.3 Å².